The molecule has 104 valence electrons. The third-order valence-corrected chi connectivity index (χ3v) is 3.12. The molecule has 2 heterocycles. The van der Waals surface area contributed by atoms with E-state index in [-0.39, 0.29) is 11.2 Å². The predicted molar refractivity (Wildman–Crippen MR) is 74.6 cm³/mol. The summed E-state index contributed by atoms with van der Waals surface area (Å²) in [6.07, 6.45) is 0. The van der Waals surface area contributed by atoms with Crippen molar-refractivity contribution in [3.63, 3.8) is 0 Å². The van der Waals surface area contributed by atoms with Crippen LogP contribution < -0.4 is 16.6 Å². The maximum atomic E-state index is 12.3. The number of aryl methyl sites for hydroxylation is 1. The molecule has 0 radical (unpaired) electrons. The Morgan fingerprint density at radius 1 is 1.21 bits per heavy atom. The SMILES string of the molecule is CNc1nc2c(c(=O)n(C)c(=O)n2C)n1CC(C)C. The van der Waals surface area contributed by atoms with Gasteiger partial charge in [0, 0.05) is 27.7 Å². The number of fused-ring (bicyclic) bond motifs is 1. The number of nitrogens with zero attached hydrogens (tertiary/aromatic N) is 4. The van der Waals surface area contributed by atoms with Crippen molar-refractivity contribution in [2.24, 2.45) is 20.0 Å². The molecular weight excluding hydrogens is 246 g/mol. The van der Waals surface area contributed by atoms with Crippen LogP contribution in [0.25, 0.3) is 11.2 Å². The molecule has 0 aliphatic carbocycles. The highest BCUT2D eigenvalue weighted by Gasteiger charge is 2.18. The second-order valence-electron chi connectivity index (χ2n) is 5.07. The van der Waals surface area contributed by atoms with Crippen LogP contribution in [-0.2, 0) is 20.6 Å². The fraction of sp³-hybridized carbons (Fsp3) is 0.583. The third-order valence-electron chi connectivity index (χ3n) is 3.12. The molecule has 0 saturated heterocycles. The first kappa shape index (κ1) is 13.4. The fourth-order valence-corrected chi connectivity index (χ4v) is 2.18. The second-order valence-corrected chi connectivity index (χ2v) is 5.07. The summed E-state index contributed by atoms with van der Waals surface area (Å²) in [7, 11) is 4.85. The molecule has 0 atom stereocenters. The summed E-state index contributed by atoms with van der Waals surface area (Å²) in [6.45, 7) is 4.80. The van der Waals surface area contributed by atoms with Crippen molar-refractivity contribution >= 4 is 17.1 Å². The average molecular weight is 265 g/mol. The van der Waals surface area contributed by atoms with E-state index in [1.54, 1.807) is 14.1 Å². The van der Waals surface area contributed by atoms with Gasteiger partial charge in [0.05, 0.1) is 0 Å². The molecule has 2 aromatic rings. The minimum atomic E-state index is -0.366. The maximum absolute atomic E-state index is 12.3. The third kappa shape index (κ3) is 1.94. The molecular formula is C12H19N5O2. The molecule has 0 bridgehead atoms. The minimum absolute atomic E-state index is 0.312. The first-order valence-electron chi connectivity index (χ1n) is 6.22. The molecule has 0 fully saturated rings. The number of anilines is 1. The topological polar surface area (TPSA) is 73.8 Å². The summed E-state index contributed by atoms with van der Waals surface area (Å²) in [4.78, 5) is 28.5. The first-order chi connectivity index (χ1) is 8.88. The quantitative estimate of drug-likeness (QED) is 0.856. The zero-order chi connectivity index (χ0) is 14.3. The predicted octanol–water partition coefficient (Wildman–Crippen LogP) is 0.131. The van der Waals surface area contributed by atoms with Crippen LogP contribution in [0.1, 0.15) is 13.8 Å². The first-order valence-corrected chi connectivity index (χ1v) is 6.22. The van der Waals surface area contributed by atoms with Crippen LogP contribution in [0.15, 0.2) is 9.59 Å². The molecule has 7 heteroatoms. The number of nitrogens with one attached hydrogen (secondary N) is 1. The van der Waals surface area contributed by atoms with Crippen molar-refractivity contribution in [1.29, 1.82) is 0 Å². The highest BCUT2D eigenvalue weighted by Crippen LogP contribution is 2.16. The maximum Gasteiger partial charge on any atom is 0.332 e. The molecule has 2 rings (SSSR count). The van der Waals surface area contributed by atoms with Gasteiger partial charge >= 0.3 is 5.69 Å². The second kappa shape index (κ2) is 4.56. The van der Waals surface area contributed by atoms with Gasteiger partial charge in [-0.3, -0.25) is 13.9 Å². The van der Waals surface area contributed by atoms with Gasteiger partial charge < -0.3 is 9.88 Å². The van der Waals surface area contributed by atoms with Crippen LogP contribution in [0.4, 0.5) is 5.95 Å². The highest BCUT2D eigenvalue weighted by atomic mass is 16.2. The van der Waals surface area contributed by atoms with Gasteiger partial charge in [-0.1, -0.05) is 13.8 Å². The lowest BCUT2D eigenvalue weighted by Gasteiger charge is -2.11. The Hall–Kier alpha value is -2.05. The summed E-state index contributed by atoms with van der Waals surface area (Å²) in [5.41, 5.74) is 0.197. The van der Waals surface area contributed by atoms with Gasteiger partial charge in [0.15, 0.2) is 11.2 Å². The van der Waals surface area contributed by atoms with E-state index in [2.05, 4.69) is 24.1 Å². The van der Waals surface area contributed by atoms with Gasteiger partial charge in [-0.15, -0.1) is 0 Å². The molecule has 0 saturated carbocycles. The molecule has 1 N–H and O–H groups in total. The Bertz CT molecular complexity index is 735. The lowest BCUT2D eigenvalue weighted by Crippen LogP contribution is -2.37. The van der Waals surface area contributed by atoms with E-state index in [0.717, 1.165) is 4.57 Å². The standard InChI is InChI=1S/C12H19N5O2/c1-7(2)6-17-8-9(14-11(17)13-3)15(4)12(19)16(5)10(8)18/h7H,6H2,1-5H3,(H,13,14). The molecule has 0 amide bonds. The number of rotatable bonds is 3. The summed E-state index contributed by atoms with van der Waals surface area (Å²) >= 11 is 0. The molecule has 7 nitrogen and oxygen atoms in total. The Kier molecular flexibility index (Phi) is 3.21. The van der Waals surface area contributed by atoms with E-state index in [1.807, 2.05) is 4.57 Å². The Labute approximate surface area is 110 Å². The van der Waals surface area contributed by atoms with Gasteiger partial charge in [0.25, 0.3) is 5.56 Å². The van der Waals surface area contributed by atoms with E-state index in [0.29, 0.717) is 29.6 Å². The fourth-order valence-electron chi connectivity index (χ4n) is 2.18. The molecule has 0 spiro atoms. The van der Waals surface area contributed by atoms with Crippen molar-refractivity contribution in [2.45, 2.75) is 20.4 Å². The largest absolute Gasteiger partial charge is 0.359 e. The molecule has 0 unspecified atom stereocenters. The van der Waals surface area contributed by atoms with E-state index in [9.17, 15) is 9.59 Å². The Morgan fingerprint density at radius 2 is 1.84 bits per heavy atom. The monoisotopic (exact) mass is 265 g/mol. The number of hydrogen-bond acceptors (Lipinski definition) is 4. The zero-order valence-corrected chi connectivity index (χ0v) is 11.9. The summed E-state index contributed by atoms with van der Waals surface area (Å²) in [5, 5.41) is 2.97. The Morgan fingerprint density at radius 3 is 2.37 bits per heavy atom. The van der Waals surface area contributed by atoms with Crippen molar-refractivity contribution in [3.05, 3.63) is 20.8 Å². The van der Waals surface area contributed by atoms with Crippen LogP contribution in [0, 0.1) is 5.92 Å². The van der Waals surface area contributed by atoms with E-state index >= 15 is 0 Å². The van der Waals surface area contributed by atoms with Gasteiger partial charge in [0.1, 0.15) is 0 Å². The molecule has 0 aromatic carbocycles. The average Bonchev–Trinajstić information content (AvgIpc) is 2.71. The lowest BCUT2D eigenvalue weighted by atomic mass is 10.2. The van der Waals surface area contributed by atoms with E-state index < -0.39 is 0 Å². The lowest BCUT2D eigenvalue weighted by molar-refractivity contribution is 0.534. The highest BCUT2D eigenvalue weighted by molar-refractivity contribution is 5.74. The summed E-state index contributed by atoms with van der Waals surface area (Å²) in [6, 6.07) is 0. The minimum Gasteiger partial charge on any atom is -0.359 e. The van der Waals surface area contributed by atoms with Crippen molar-refractivity contribution in [1.82, 2.24) is 18.7 Å². The molecule has 19 heavy (non-hydrogen) atoms. The molecule has 2 aromatic heterocycles. The van der Waals surface area contributed by atoms with Crippen LogP contribution >= 0.6 is 0 Å². The van der Waals surface area contributed by atoms with Crippen LogP contribution in [0.3, 0.4) is 0 Å². The van der Waals surface area contributed by atoms with Crippen LogP contribution in [0.5, 0.6) is 0 Å². The summed E-state index contributed by atoms with van der Waals surface area (Å²) in [5.74, 6) is 0.966. The summed E-state index contributed by atoms with van der Waals surface area (Å²) < 4.78 is 4.34. The van der Waals surface area contributed by atoms with Gasteiger partial charge in [0.2, 0.25) is 5.95 Å². The van der Waals surface area contributed by atoms with Crippen molar-refractivity contribution < 1.29 is 0 Å². The Balaban J connectivity index is 2.95. The number of hydrogen-bond donors (Lipinski definition) is 1. The smallest absolute Gasteiger partial charge is 0.332 e. The van der Waals surface area contributed by atoms with Crippen molar-refractivity contribution in [3.8, 4) is 0 Å². The van der Waals surface area contributed by atoms with Gasteiger partial charge in [-0.25, -0.2) is 4.79 Å². The van der Waals surface area contributed by atoms with E-state index in [1.165, 1.54) is 11.6 Å². The van der Waals surface area contributed by atoms with Gasteiger partial charge in [-0.05, 0) is 5.92 Å². The van der Waals surface area contributed by atoms with Crippen molar-refractivity contribution in [2.75, 3.05) is 12.4 Å². The van der Waals surface area contributed by atoms with Gasteiger partial charge in [-0.2, -0.15) is 4.98 Å². The number of aromatic nitrogens is 4. The van der Waals surface area contributed by atoms with Crippen LogP contribution in [-0.4, -0.2) is 25.7 Å². The molecule has 0 aliphatic rings. The number of imidazole rings is 1. The molecule has 0 aliphatic heterocycles. The zero-order valence-electron chi connectivity index (χ0n) is 11.9. The van der Waals surface area contributed by atoms with E-state index in [4.69, 9.17) is 0 Å². The van der Waals surface area contributed by atoms with Crippen LogP contribution in [0.2, 0.25) is 0 Å². The normalized spacial score (nSPS) is 11.5.